The Kier molecular flexibility index (Phi) is 7.51. The Bertz CT molecular complexity index is 821. The molecule has 0 saturated carbocycles. The minimum atomic E-state index is -0.649. The summed E-state index contributed by atoms with van der Waals surface area (Å²) in [7, 11) is 0. The van der Waals surface area contributed by atoms with Crippen molar-refractivity contribution < 1.29 is 19.1 Å². The van der Waals surface area contributed by atoms with Crippen LogP contribution in [0.5, 0.6) is 5.75 Å². The van der Waals surface area contributed by atoms with E-state index < -0.39 is 18.5 Å². The van der Waals surface area contributed by atoms with Crippen LogP contribution in [0.1, 0.15) is 12.5 Å². The largest absolute Gasteiger partial charge is 0.493 e. The maximum Gasteiger partial charge on any atom is 0.331 e. The Hall–Kier alpha value is -2.50. The lowest BCUT2D eigenvalue weighted by atomic mass is 10.2. The molecule has 26 heavy (non-hydrogen) atoms. The van der Waals surface area contributed by atoms with Gasteiger partial charge in [-0.25, -0.2) is 4.79 Å². The number of nitrogens with one attached hydrogen (secondary N) is 1. The number of benzene rings is 2. The van der Waals surface area contributed by atoms with Crippen LogP contribution in [0.3, 0.4) is 0 Å². The summed E-state index contributed by atoms with van der Waals surface area (Å²) in [5.74, 6) is -0.512. The van der Waals surface area contributed by atoms with Crippen molar-refractivity contribution in [2.45, 2.75) is 6.92 Å². The monoisotopic (exact) mass is 393 g/mol. The maximum atomic E-state index is 11.9. The number of ether oxygens (including phenoxy) is 2. The van der Waals surface area contributed by atoms with Gasteiger partial charge in [-0.3, -0.25) is 4.79 Å². The van der Waals surface area contributed by atoms with Crippen LogP contribution in [0, 0.1) is 0 Å². The quantitative estimate of drug-likeness (QED) is 0.551. The van der Waals surface area contributed by atoms with Gasteiger partial charge >= 0.3 is 5.97 Å². The van der Waals surface area contributed by atoms with Crippen molar-refractivity contribution >= 4 is 46.8 Å². The van der Waals surface area contributed by atoms with E-state index in [1.165, 1.54) is 6.08 Å². The highest BCUT2D eigenvalue weighted by atomic mass is 35.5. The predicted octanol–water partition coefficient (Wildman–Crippen LogP) is 4.59. The van der Waals surface area contributed by atoms with Gasteiger partial charge in [-0.15, -0.1) is 0 Å². The minimum Gasteiger partial charge on any atom is -0.493 e. The normalized spacial score (nSPS) is 10.6. The van der Waals surface area contributed by atoms with Crippen molar-refractivity contribution in [3.63, 3.8) is 0 Å². The number of para-hydroxylation sites is 1. The average Bonchev–Trinajstić information content (AvgIpc) is 2.63. The fourth-order valence-corrected chi connectivity index (χ4v) is 2.38. The molecule has 0 heterocycles. The Labute approximate surface area is 161 Å². The zero-order chi connectivity index (χ0) is 18.9. The molecular weight excluding hydrogens is 377 g/mol. The van der Waals surface area contributed by atoms with Crippen LogP contribution in [-0.2, 0) is 14.3 Å². The molecule has 0 aromatic heterocycles. The predicted molar refractivity (Wildman–Crippen MR) is 103 cm³/mol. The van der Waals surface area contributed by atoms with Crippen LogP contribution in [0.2, 0.25) is 10.0 Å². The van der Waals surface area contributed by atoms with E-state index in [1.54, 1.807) is 30.3 Å². The van der Waals surface area contributed by atoms with Gasteiger partial charge in [-0.2, -0.15) is 0 Å². The molecule has 0 aliphatic rings. The molecule has 0 fully saturated rings. The van der Waals surface area contributed by atoms with Gasteiger partial charge in [-0.05, 0) is 31.2 Å². The zero-order valence-corrected chi connectivity index (χ0v) is 15.5. The lowest BCUT2D eigenvalue weighted by molar-refractivity contribution is -0.142. The molecule has 0 aliphatic carbocycles. The first-order valence-electron chi connectivity index (χ1n) is 7.81. The number of hydrogen-bond acceptors (Lipinski definition) is 4. The molecule has 2 aromatic rings. The molecule has 0 radical (unpaired) electrons. The molecule has 7 heteroatoms. The van der Waals surface area contributed by atoms with E-state index in [0.29, 0.717) is 23.1 Å². The highest BCUT2D eigenvalue weighted by Gasteiger charge is 2.10. The van der Waals surface area contributed by atoms with Gasteiger partial charge in [0.25, 0.3) is 5.91 Å². The molecule has 136 valence electrons. The van der Waals surface area contributed by atoms with E-state index >= 15 is 0 Å². The van der Waals surface area contributed by atoms with Crippen LogP contribution in [0.25, 0.3) is 6.08 Å². The van der Waals surface area contributed by atoms with Gasteiger partial charge in [0.15, 0.2) is 6.61 Å². The molecule has 0 unspecified atom stereocenters. The summed E-state index contributed by atoms with van der Waals surface area (Å²) in [4.78, 5) is 23.6. The molecule has 1 amide bonds. The first-order valence-corrected chi connectivity index (χ1v) is 8.57. The fraction of sp³-hybridized carbons (Fsp3) is 0.158. The van der Waals surface area contributed by atoms with Gasteiger partial charge in [-0.1, -0.05) is 47.5 Å². The van der Waals surface area contributed by atoms with Crippen LogP contribution in [0.15, 0.2) is 48.5 Å². The topological polar surface area (TPSA) is 64.6 Å². The van der Waals surface area contributed by atoms with E-state index in [1.807, 2.05) is 25.1 Å². The van der Waals surface area contributed by atoms with Crippen molar-refractivity contribution in [2.75, 3.05) is 18.5 Å². The van der Waals surface area contributed by atoms with E-state index in [9.17, 15) is 9.59 Å². The molecule has 2 aromatic carbocycles. The Morgan fingerprint density at radius 1 is 1.12 bits per heavy atom. The third-order valence-electron chi connectivity index (χ3n) is 3.19. The summed E-state index contributed by atoms with van der Waals surface area (Å²) in [6.07, 6.45) is 2.80. The highest BCUT2D eigenvalue weighted by Crippen LogP contribution is 2.29. The molecule has 1 N–H and O–H groups in total. The number of halogens is 2. The number of hydrogen-bond donors (Lipinski definition) is 1. The number of esters is 1. The molecule has 0 saturated heterocycles. The standard InChI is InChI=1S/C19H17Cl2NO4/c1-2-25-16-9-4-3-6-13(16)10-11-18(24)26-12-17(23)22-15-8-5-7-14(20)19(15)21/h3-11H,2,12H2,1H3,(H,22,23)/b11-10+. The maximum absolute atomic E-state index is 11.9. The SMILES string of the molecule is CCOc1ccccc1/C=C/C(=O)OCC(=O)Nc1cccc(Cl)c1Cl. The van der Waals surface area contributed by atoms with Gasteiger partial charge in [0, 0.05) is 11.6 Å². The average molecular weight is 394 g/mol. The van der Waals surface area contributed by atoms with Gasteiger partial charge < -0.3 is 14.8 Å². The number of anilines is 1. The number of rotatable bonds is 7. The van der Waals surface area contributed by atoms with Crippen molar-refractivity contribution in [1.82, 2.24) is 0 Å². The summed E-state index contributed by atoms with van der Waals surface area (Å²) in [6, 6.07) is 12.1. The van der Waals surface area contributed by atoms with E-state index in [4.69, 9.17) is 32.7 Å². The fourth-order valence-electron chi connectivity index (χ4n) is 2.03. The Balaban J connectivity index is 1.88. The summed E-state index contributed by atoms with van der Waals surface area (Å²) in [6.45, 7) is 1.94. The minimum absolute atomic E-state index is 0.223. The third-order valence-corrected chi connectivity index (χ3v) is 4.01. The number of amides is 1. The molecule has 2 rings (SSSR count). The molecule has 0 aliphatic heterocycles. The lowest BCUT2D eigenvalue weighted by Crippen LogP contribution is -2.20. The second-order valence-corrected chi connectivity index (χ2v) is 5.85. The number of carbonyl (C=O) groups is 2. The smallest absolute Gasteiger partial charge is 0.331 e. The third kappa shape index (κ3) is 5.79. The first-order chi connectivity index (χ1) is 12.5. The van der Waals surface area contributed by atoms with Crippen molar-refractivity contribution in [3.8, 4) is 5.75 Å². The molecule has 5 nitrogen and oxygen atoms in total. The van der Waals surface area contributed by atoms with Crippen molar-refractivity contribution in [1.29, 1.82) is 0 Å². The molecule has 0 bridgehead atoms. The van der Waals surface area contributed by atoms with Gasteiger partial charge in [0.05, 0.1) is 22.3 Å². The zero-order valence-electron chi connectivity index (χ0n) is 14.0. The van der Waals surface area contributed by atoms with Crippen LogP contribution in [-0.4, -0.2) is 25.1 Å². The van der Waals surface area contributed by atoms with Crippen LogP contribution >= 0.6 is 23.2 Å². The van der Waals surface area contributed by atoms with Gasteiger partial charge in [0.1, 0.15) is 5.75 Å². The Morgan fingerprint density at radius 3 is 2.65 bits per heavy atom. The summed E-state index contributed by atoms with van der Waals surface area (Å²) >= 11 is 11.9. The molecule has 0 spiro atoms. The first kappa shape index (κ1) is 19.8. The summed E-state index contributed by atoms with van der Waals surface area (Å²) < 4.78 is 10.4. The lowest BCUT2D eigenvalue weighted by Gasteiger charge is -2.08. The number of carbonyl (C=O) groups excluding carboxylic acids is 2. The van der Waals surface area contributed by atoms with Crippen LogP contribution < -0.4 is 10.1 Å². The highest BCUT2D eigenvalue weighted by molar-refractivity contribution is 6.44. The van der Waals surface area contributed by atoms with E-state index in [-0.39, 0.29) is 5.02 Å². The van der Waals surface area contributed by atoms with Gasteiger partial charge in [0.2, 0.25) is 0 Å². The Morgan fingerprint density at radius 2 is 1.88 bits per heavy atom. The van der Waals surface area contributed by atoms with E-state index in [0.717, 1.165) is 5.56 Å². The second-order valence-electron chi connectivity index (χ2n) is 5.06. The van der Waals surface area contributed by atoms with Crippen LogP contribution in [0.4, 0.5) is 5.69 Å². The second kappa shape index (κ2) is 9.85. The van der Waals surface area contributed by atoms with E-state index in [2.05, 4.69) is 5.32 Å². The summed E-state index contributed by atoms with van der Waals surface area (Å²) in [5, 5.41) is 3.07. The molecular formula is C19H17Cl2NO4. The van der Waals surface area contributed by atoms with Crippen molar-refractivity contribution in [3.05, 3.63) is 64.1 Å². The summed E-state index contributed by atoms with van der Waals surface area (Å²) in [5.41, 5.74) is 1.09. The molecule has 0 atom stereocenters. The van der Waals surface area contributed by atoms with Crippen molar-refractivity contribution in [2.24, 2.45) is 0 Å².